The quantitative estimate of drug-likeness (QED) is 0.812. The molecule has 28 heavy (non-hydrogen) atoms. The van der Waals surface area contributed by atoms with Crippen molar-refractivity contribution in [2.45, 2.75) is 25.8 Å². The fourth-order valence-electron chi connectivity index (χ4n) is 3.48. The fourth-order valence-corrected chi connectivity index (χ4v) is 3.48. The molecular weight excluding hydrogens is 360 g/mol. The molecule has 2 N–H and O–H groups in total. The average Bonchev–Trinajstić information content (AvgIpc) is 2.91. The van der Waals surface area contributed by atoms with Gasteiger partial charge in [0.15, 0.2) is 0 Å². The summed E-state index contributed by atoms with van der Waals surface area (Å²) in [5, 5.41) is 11.9. The first-order valence-corrected chi connectivity index (χ1v) is 9.27. The van der Waals surface area contributed by atoms with Gasteiger partial charge in [-0.25, -0.2) is 0 Å². The van der Waals surface area contributed by atoms with Crippen molar-refractivity contribution >= 4 is 11.8 Å². The van der Waals surface area contributed by atoms with Crippen LogP contribution in [0.5, 0.6) is 5.75 Å². The zero-order chi connectivity index (χ0) is 19.5. The van der Waals surface area contributed by atoms with Crippen LogP contribution >= 0.6 is 0 Å². The minimum absolute atomic E-state index is 0.00371. The summed E-state index contributed by atoms with van der Waals surface area (Å²) in [4.78, 5) is 26.7. The van der Waals surface area contributed by atoms with Crippen LogP contribution in [0, 0.1) is 0 Å². The molecule has 0 aliphatic carbocycles. The average molecular weight is 382 g/mol. The Morgan fingerprint density at radius 3 is 2.71 bits per heavy atom. The van der Waals surface area contributed by atoms with Gasteiger partial charge in [0.05, 0.1) is 26.4 Å². The van der Waals surface area contributed by atoms with Crippen LogP contribution in [0.1, 0.15) is 27.0 Å². The van der Waals surface area contributed by atoms with Gasteiger partial charge in [-0.2, -0.15) is 0 Å². The van der Waals surface area contributed by atoms with E-state index in [-0.39, 0.29) is 25.0 Å². The summed E-state index contributed by atoms with van der Waals surface area (Å²) in [7, 11) is 0. The monoisotopic (exact) mass is 382 g/mol. The van der Waals surface area contributed by atoms with Crippen LogP contribution in [0.4, 0.5) is 0 Å². The molecule has 2 amide bonds. The Bertz CT molecular complexity index is 881. The van der Waals surface area contributed by atoms with Gasteiger partial charge < -0.3 is 24.8 Å². The molecule has 1 atom stereocenters. The molecule has 0 saturated carbocycles. The Balaban J connectivity index is 1.51. The van der Waals surface area contributed by atoms with Crippen LogP contribution in [0.3, 0.4) is 0 Å². The van der Waals surface area contributed by atoms with Crippen LogP contribution in [0.2, 0.25) is 0 Å². The van der Waals surface area contributed by atoms with Crippen LogP contribution < -0.4 is 10.1 Å². The van der Waals surface area contributed by atoms with Crippen LogP contribution in [-0.2, 0) is 29.3 Å². The highest BCUT2D eigenvalue weighted by Gasteiger charge is 2.38. The molecule has 2 aromatic carbocycles. The van der Waals surface area contributed by atoms with E-state index >= 15 is 0 Å². The Morgan fingerprint density at radius 2 is 1.93 bits per heavy atom. The SMILES string of the molecule is O=C1NCCOCC1N1Cc2c(OCc3ccc(CO)cc3)cccc2C1=O. The third kappa shape index (κ3) is 3.58. The van der Waals surface area contributed by atoms with Gasteiger partial charge in [0, 0.05) is 17.7 Å². The van der Waals surface area contributed by atoms with E-state index in [4.69, 9.17) is 14.6 Å². The van der Waals surface area contributed by atoms with Crippen LogP contribution in [-0.4, -0.2) is 47.6 Å². The second-order valence-corrected chi connectivity index (χ2v) is 6.86. The summed E-state index contributed by atoms with van der Waals surface area (Å²) < 4.78 is 11.4. The molecule has 4 rings (SSSR count). The molecule has 1 saturated heterocycles. The normalized spacial score (nSPS) is 19.2. The predicted molar refractivity (Wildman–Crippen MR) is 101 cm³/mol. The van der Waals surface area contributed by atoms with E-state index in [0.717, 1.165) is 16.7 Å². The number of carbonyl (C=O) groups excluding carboxylic acids is 2. The summed E-state index contributed by atoms with van der Waals surface area (Å²) >= 11 is 0. The van der Waals surface area contributed by atoms with Crippen molar-refractivity contribution < 1.29 is 24.2 Å². The number of hydrogen-bond acceptors (Lipinski definition) is 5. The molecule has 0 bridgehead atoms. The Morgan fingerprint density at radius 1 is 1.14 bits per heavy atom. The predicted octanol–water partition coefficient (Wildman–Crippen LogP) is 1.23. The summed E-state index contributed by atoms with van der Waals surface area (Å²) in [6.45, 7) is 1.76. The van der Waals surface area contributed by atoms with Gasteiger partial charge >= 0.3 is 0 Å². The van der Waals surface area contributed by atoms with Crippen molar-refractivity contribution in [3.63, 3.8) is 0 Å². The standard InChI is InChI=1S/C21H22N2O5/c24-11-14-4-6-15(7-5-14)12-28-19-3-1-2-16-17(19)10-23(21(16)26)18-13-27-9-8-22-20(18)25/h1-7,18,24H,8-13H2,(H,22,25). The Kier molecular flexibility index (Phi) is 5.27. The van der Waals surface area contributed by atoms with Crippen molar-refractivity contribution in [3.05, 3.63) is 64.7 Å². The number of amides is 2. The van der Waals surface area contributed by atoms with Crippen molar-refractivity contribution in [2.24, 2.45) is 0 Å². The maximum absolute atomic E-state index is 12.9. The molecule has 0 spiro atoms. The van der Waals surface area contributed by atoms with Crippen LogP contribution in [0.25, 0.3) is 0 Å². The number of benzene rings is 2. The smallest absolute Gasteiger partial charge is 0.255 e. The van der Waals surface area contributed by atoms with Gasteiger partial charge in [0.2, 0.25) is 5.91 Å². The van der Waals surface area contributed by atoms with Gasteiger partial charge in [0.1, 0.15) is 18.4 Å². The van der Waals surface area contributed by atoms with Gasteiger partial charge in [-0.05, 0) is 23.3 Å². The minimum Gasteiger partial charge on any atom is -0.489 e. The molecule has 1 unspecified atom stereocenters. The largest absolute Gasteiger partial charge is 0.489 e. The zero-order valence-corrected chi connectivity index (χ0v) is 15.4. The molecule has 0 aromatic heterocycles. The third-order valence-electron chi connectivity index (χ3n) is 5.05. The van der Waals surface area contributed by atoms with Crippen LogP contribution in [0.15, 0.2) is 42.5 Å². The van der Waals surface area contributed by atoms with Gasteiger partial charge in [-0.1, -0.05) is 30.3 Å². The lowest BCUT2D eigenvalue weighted by Crippen LogP contribution is -2.48. The molecule has 7 nitrogen and oxygen atoms in total. The van der Waals surface area contributed by atoms with E-state index in [0.29, 0.717) is 37.6 Å². The highest BCUT2D eigenvalue weighted by molar-refractivity contribution is 6.01. The summed E-state index contributed by atoms with van der Waals surface area (Å²) in [6.07, 6.45) is 0. The second-order valence-electron chi connectivity index (χ2n) is 6.86. The molecule has 2 aromatic rings. The maximum Gasteiger partial charge on any atom is 0.255 e. The summed E-state index contributed by atoms with van der Waals surface area (Å²) in [6, 6.07) is 12.2. The van der Waals surface area contributed by atoms with E-state index in [1.807, 2.05) is 30.3 Å². The number of aliphatic hydroxyl groups excluding tert-OH is 1. The Hall–Kier alpha value is -2.90. The molecule has 1 fully saturated rings. The molecule has 0 radical (unpaired) electrons. The number of rotatable bonds is 5. The lowest BCUT2D eigenvalue weighted by molar-refractivity contribution is -0.125. The first-order chi connectivity index (χ1) is 13.7. The first kappa shape index (κ1) is 18.5. The summed E-state index contributed by atoms with van der Waals surface area (Å²) in [5.74, 6) is 0.262. The highest BCUT2D eigenvalue weighted by Crippen LogP contribution is 2.33. The zero-order valence-electron chi connectivity index (χ0n) is 15.4. The van der Waals surface area contributed by atoms with Gasteiger partial charge in [-0.15, -0.1) is 0 Å². The number of carbonyl (C=O) groups is 2. The number of aliphatic hydroxyl groups is 1. The molecule has 2 aliphatic heterocycles. The lowest BCUT2D eigenvalue weighted by atomic mass is 10.1. The fraction of sp³-hybridized carbons (Fsp3) is 0.333. The molecule has 7 heteroatoms. The molecular formula is C21H22N2O5. The maximum atomic E-state index is 12.9. The molecule has 146 valence electrons. The number of hydrogen-bond donors (Lipinski definition) is 2. The first-order valence-electron chi connectivity index (χ1n) is 9.27. The van der Waals surface area contributed by atoms with Gasteiger partial charge in [0.25, 0.3) is 5.91 Å². The molecule has 2 aliphatic rings. The van der Waals surface area contributed by atoms with E-state index in [2.05, 4.69) is 5.32 Å². The van der Waals surface area contributed by atoms with E-state index in [1.165, 1.54) is 0 Å². The number of ether oxygens (including phenoxy) is 2. The Labute approximate surface area is 162 Å². The second kappa shape index (κ2) is 8.00. The minimum atomic E-state index is -0.638. The van der Waals surface area contributed by atoms with E-state index in [1.54, 1.807) is 17.0 Å². The summed E-state index contributed by atoms with van der Waals surface area (Å²) in [5.41, 5.74) is 3.16. The molecule has 2 heterocycles. The van der Waals surface area contributed by atoms with E-state index < -0.39 is 6.04 Å². The topological polar surface area (TPSA) is 88.1 Å². The number of nitrogens with one attached hydrogen (secondary N) is 1. The van der Waals surface area contributed by atoms with Gasteiger partial charge in [-0.3, -0.25) is 9.59 Å². The highest BCUT2D eigenvalue weighted by atomic mass is 16.5. The lowest BCUT2D eigenvalue weighted by Gasteiger charge is -2.24. The van der Waals surface area contributed by atoms with Crippen molar-refractivity contribution in [2.75, 3.05) is 19.8 Å². The van der Waals surface area contributed by atoms with Crippen molar-refractivity contribution in [3.8, 4) is 5.75 Å². The number of fused-ring (bicyclic) bond motifs is 1. The van der Waals surface area contributed by atoms with E-state index in [9.17, 15) is 9.59 Å². The van der Waals surface area contributed by atoms with Crippen molar-refractivity contribution in [1.29, 1.82) is 0 Å². The van der Waals surface area contributed by atoms with Crippen molar-refractivity contribution in [1.82, 2.24) is 10.2 Å². The number of nitrogens with zero attached hydrogens (tertiary/aromatic N) is 1. The third-order valence-corrected chi connectivity index (χ3v) is 5.05.